The van der Waals surface area contributed by atoms with Gasteiger partial charge in [-0.15, -0.1) is 0 Å². The van der Waals surface area contributed by atoms with E-state index >= 15 is 0 Å². The molecule has 1 heterocycles. The highest BCUT2D eigenvalue weighted by Crippen LogP contribution is 2.08. The SMILES string of the molecule is CC(=O)c1cnc(N)c(C)c1. The van der Waals surface area contributed by atoms with Gasteiger partial charge in [-0.25, -0.2) is 4.98 Å². The predicted molar refractivity (Wildman–Crippen MR) is 43.4 cm³/mol. The predicted octanol–water partition coefficient (Wildman–Crippen LogP) is 1.17. The summed E-state index contributed by atoms with van der Waals surface area (Å²) in [7, 11) is 0. The number of carbonyl (C=O) groups is 1. The highest BCUT2D eigenvalue weighted by molar-refractivity contribution is 5.94. The quantitative estimate of drug-likeness (QED) is 0.611. The van der Waals surface area contributed by atoms with Crippen LogP contribution in [0.3, 0.4) is 0 Å². The molecule has 11 heavy (non-hydrogen) atoms. The third kappa shape index (κ3) is 1.55. The average molecular weight is 150 g/mol. The van der Waals surface area contributed by atoms with Crippen molar-refractivity contribution in [3.8, 4) is 0 Å². The lowest BCUT2D eigenvalue weighted by molar-refractivity contribution is 0.101. The number of ketones is 1. The molecule has 0 amide bonds. The summed E-state index contributed by atoms with van der Waals surface area (Å²) in [5.41, 5.74) is 6.92. The average Bonchev–Trinajstić information content (AvgIpc) is 1.94. The Morgan fingerprint density at radius 1 is 1.64 bits per heavy atom. The van der Waals surface area contributed by atoms with Crippen LogP contribution in [-0.4, -0.2) is 10.8 Å². The van der Waals surface area contributed by atoms with Crippen molar-refractivity contribution in [2.75, 3.05) is 5.73 Å². The maximum atomic E-state index is 10.8. The molecule has 0 saturated carbocycles. The van der Waals surface area contributed by atoms with Gasteiger partial charge in [0.2, 0.25) is 0 Å². The van der Waals surface area contributed by atoms with Crippen molar-refractivity contribution in [2.24, 2.45) is 0 Å². The fraction of sp³-hybridized carbons (Fsp3) is 0.250. The first-order valence-electron chi connectivity index (χ1n) is 3.34. The molecule has 0 fully saturated rings. The van der Waals surface area contributed by atoms with Crippen LogP contribution in [0.4, 0.5) is 5.82 Å². The van der Waals surface area contributed by atoms with E-state index in [0.29, 0.717) is 11.4 Å². The monoisotopic (exact) mass is 150 g/mol. The molecule has 0 aliphatic rings. The Balaban J connectivity index is 3.15. The fourth-order valence-corrected chi connectivity index (χ4v) is 0.778. The van der Waals surface area contributed by atoms with Gasteiger partial charge in [-0.2, -0.15) is 0 Å². The van der Waals surface area contributed by atoms with Crippen molar-refractivity contribution < 1.29 is 4.79 Å². The lowest BCUT2D eigenvalue weighted by Crippen LogP contribution is -1.98. The van der Waals surface area contributed by atoms with E-state index in [0.717, 1.165) is 5.56 Å². The molecule has 2 N–H and O–H groups in total. The van der Waals surface area contributed by atoms with Crippen LogP contribution in [0.5, 0.6) is 0 Å². The van der Waals surface area contributed by atoms with Gasteiger partial charge in [-0.1, -0.05) is 0 Å². The first kappa shape index (κ1) is 7.72. The summed E-state index contributed by atoms with van der Waals surface area (Å²) in [5, 5.41) is 0. The molecular weight excluding hydrogens is 140 g/mol. The zero-order valence-corrected chi connectivity index (χ0v) is 6.59. The van der Waals surface area contributed by atoms with E-state index in [4.69, 9.17) is 5.73 Å². The topological polar surface area (TPSA) is 56.0 Å². The highest BCUT2D eigenvalue weighted by Gasteiger charge is 2.01. The van der Waals surface area contributed by atoms with Crippen LogP contribution >= 0.6 is 0 Å². The van der Waals surface area contributed by atoms with E-state index in [1.807, 2.05) is 6.92 Å². The summed E-state index contributed by atoms with van der Waals surface area (Å²) in [5.74, 6) is 0.496. The van der Waals surface area contributed by atoms with Crippen LogP contribution in [0.25, 0.3) is 0 Å². The number of aromatic nitrogens is 1. The smallest absolute Gasteiger partial charge is 0.161 e. The highest BCUT2D eigenvalue weighted by atomic mass is 16.1. The maximum absolute atomic E-state index is 10.8. The van der Waals surface area contributed by atoms with Gasteiger partial charge in [0.15, 0.2) is 5.78 Å². The van der Waals surface area contributed by atoms with E-state index in [2.05, 4.69) is 4.98 Å². The van der Waals surface area contributed by atoms with Gasteiger partial charge >= 0.3 is 0 Å². The van der Waals surface area contributed by atoms with Gasteiger partial charge in [-0.3, -0.25) is 4.79 Å². The second-order valence-electron chi connectivity index (χ2n) is 2.48. The largest absolute Gasteiger partial charge is 0.383 e. The second-order valence-corrected chi connectivity index (χ2v) is 2.48. The summed E-state index contributed by atoms with van der Waals surface area (Å²) >= 11 is 0. The number of aryl methyl sites for hydroxylation is 1. The van der Waals surface area contributed by atoms with Gasteiger partial charge in [0.1, 0.15) is 5.82 Å². The molecule has 0 spiro atoms. The molecule has 0 saturated heterocycles. The number of rotatable bonds is 1. The van der Waals surface area contributed by atoms with Crippen LogP contribution in [0.2, 0.25) is 0 Å². The van der Waals surface area contributed by atoms with E-state index in [9.17, 15) is 4.79 Å². The molecule has 1 aromatic rings. The van der Waals surface area contributed by atoms with Gasteiger partial charge < -0.3 is 5.73 Å². The minimum atomic E-state index is 0.0144. The van der Waals surface area contributed by atoms with Crippen LogP contribution in [0, 0.1) is 6.92 Å². The Morgan fingerprint density at radius 2 is 2.27 bits per heavy atom. The lowest BCUT2D eigenvalue weighted by atomic mass is 10.1. The Bertz CT molecular complexity index is 294. The van der Waals surface area contributed by atoms with Gasteiger partial charge in [-0.05, 0) is 25.5 Å². The van der Waals surface area contributed by atoms with Crippen molar-refractivity contribution in [3.63, 3.8) is 0 Å². The van der Waals surface area contributed by atoms with Crippen LogP contribution < -0.4 is 5.73 Å². The van der Waals surface area contributed by atoms with Crippen LogP contribution in [0.1, 0.15) is 22.8 Å². The maximum Gasteiger partial charge on any atom is 0.161 e. The molecule has 3 nitrogen and oxygen atoms in total. The minimum Gasteiger partial charge on any atom is -0.383 e. The molecule has 58 valence electrons. The van der Waals surface area contributed by atoms with Crippen LogP contribution in [-0.2, 0) is 0 Å². The number of carbonyl (C=O) groups excluding carboxylic acids is 1. The Hall–Kier alpha value is -1.38. The zero-order valence-electron chi connectivity index (χ0n) is 6.59. The normalized spacial score (nSPS) is 9.64. The molecule has 0 bridgehead atoms. The van der Waals surface area contributed by atoms with Crippen molar-refractivity contribution in [1.29, 1.82) is 0 Å². The fourth-order valence-electron chi connectivity index (χ4n) is 0.778. The molecule has 0 aromatic carbocycles. The standard InChI is InChI=1S/C8H10N2O/c1-5-3-7(6(2)11)4-10-8(5)9/h3-4H,1-2H3,(H2,9,10). The molecule has 3 heteroatoms. The molecular formula is C8H10N2O. The lowest BCUT2D eigenvalue weighted by Gasteiger charge is -1.99. The molecule has 0 radical (unpaired) electrons. The third-order valence-corrected chi connectivity index (χ3v) is 1.53. The van der Waals surface area contributed by atoms with Crippen molar-refractivity contribution in [3.05, 3.63) is 23.4 Å². The van der Waals surface area contributed by atoms with Crippen LogP contribution in [0.15, 0.2) is 12.3 Å². The van der Waals surface area contributed by atoms with E-state index < -0.39 is 0 Å². The summed E-state index contributed by atoms with van der Waals surface area (Å²) in [6.07, 6.45) is 1.49. The summed E-state index contributed by atoms with van der Waals surface area (Å²) in [6.45, 7) is 3.33. The number of hydrogen-bond acceptors (Lipinski definition) is 3. The van der Waals surface area contributed by atoms with Gasteiger partial charge in [0, 0.05) is 11.8 Å². The first-order chi connectivity index (χ1) is 5.11. The molecule has 1 aromatic heterocycles. The minimum absolute atomic E-state index is 0.0144. The number of nitrogen functional groups attached to an aromatic ring is 1. The van der Waals surface area contributed by atoms with Crippen molar-refractivity contribution >= 4 is 11.6 Å². The summed E-state index contributed by atoms with van der Waals surface area (Å²) in [6, 6.07) is 1.74. The van der Waals surface area contributed by atoms with Crippen molar-refractivity contribution in [2.45, 2.75) is 13.8 Å². The Morgan fingerprint density at radius 3 is 2.73 bits per heavy atom. The number of anilines is 1. The second kappa shape index (κ2) is 2.70. The molecule has 0 atom stereocenters. The molecule has 0 aliphatic heterocycles. The Labute approximate surface area is 65.2 Å². The number of nitrogens with zero attached hydrogens (tertiary/aromatic N) is 1. The zero-order chi connectivity index (χ0) is 8.43. The van der Waals surface area contributed by atoms with E-state index in [1.54, 1.807) is 6.07 Å². The Kier molecular flexibility index (Phi) is 1.89. The van der Waals surface area contributed by atoms with E-state index in [-0.39, 0.29) is 5.78 Å². The third-order valence-electron chi connectivity index (χ3n) is 1.53. The summed E-state index contributed by atoms with van der Waals surface area (Å²) < 4.78 is 0. The van der Waals surface area contributed by atoms with Crippen molar-refractivity contribution in [1.82, 2.24) is 4.98 Å². The number of pyridine rings is 1. The van der Waals surface area contributed by atoms with E-state index in [1.165, 1.54) is 13.1 Å². The number of nitrogens with two attached hydrogens (primary N) is 1. The number of Topliss-reactive ketones (excluding diaryl/α,β-unsaturated/α-hetero) is 1. The van der Waals surface area contributed by atoms with Gasteiger partial charge in [0.05, 0.1) is 0 Å². The first-order valence-corrected chi connectivity index (χ1v) is 3.34. The summed E-state index contributed by atoms with van der Waals surface area (Å²) in [4.78, 5) is 14.7. The molecule has 0 aliphatic carbocycles. The molecule has 0 unspecified atom stereocenters. The van der Waals surface area contributed by atoms with Gasteiger partial charge in [0.25, 0.3) is 0 Å². The number of hydrogen-bond donors (Lipinski definition) is 1. The molecule has 1 rings (SSSR count).